The number of hydrogen-bond acceptors (Lipinski definition) is 7. The third kappa shape index (κ3) is 8.26. The van der Waals surface area contributed by atoms with Gasteiger partial charge in [0.2, 0.25) is 6.41 Å². The fourth-order valence-corrected chi connectivity index (χ4v) is 4.47. The number of halogens is 1. The topological polar surface area (TPSA) is 118 Å². The number of pyridine rings is 1. The van der Waals surface area contributed by atoms with E-state index in [2.05, 4.69) is 32.5 Å². The largest absolute Gasteiger partial charge is 0.364 e. The van der Waals surface area contributed by atoms with Gasteiger partial charge in [0.15, 0.2) is 15.5 Å². The van der Waals surface area contributed by atoms with Gasteiger partial charge < -0.3 is 15.0 Å². The number of hydrogen-bond donors (Lipinski definition) is 2. The number of benzene rings is 1. The molecule has 200 valence electrons. The minimum absolute atomic E-state index is 0.248. The highest BCUT2D eigenvalue weighted by molar-refractivity contribution is 7.91. The van der Waals surface area contributed by atoms with Crippen LogP contribution in [-0.2, 0) is 21.2 Å². The first-order chi connectivity index (χ1) is 18.2. The van der Waals surface area contributed by atoms with Gasteiger partial charge in [0, 0.05) is 29.7 Å². The van der Waals surface area contributed by atoms with Gasteiger partial charge in [0.1, 0.15) is 22.9 Å². The van der Waals surface area contributed by atoms with Crippen LogP contribution in [0.4, 0.5) is 11.6 Å². The average Bonchev–Trinajstić information content (AvgIpc) is 3.82. The van der Waals surface area contributed by atoms with Gasteiger partial charge in [-0.2, -0.15) is 0 Å². The van der Waals surface area contributed by atoms with E-state index in [-0.39, 0.29) is 4.90 Å². The third-order valence-corrected chi connectivity index (χ3v) is 7.31. The zero-order valence-electron chi connectivity index (χ0n) is 21.3. The van der Waals surface area contributed by atoms with Crippen LogP contribution in [0.15, 0.2) is 66.1 Å². The van der Waals surface area contributed by atoms with E-state index in [9.17, 15) is 13.2 Å². The summed E-state index contributed by atoms with van der Waals surface area (Å²) < 4.78 is 26.2. The number of aromatic nitrogens is 4. The molecule has 3 aromatic heterocycles. The van der Waals surface area contributed by atoms with Crippen molar-refractivity contribution in [3.63, 3.8) is 0 Å². The number of carbonyl (C=O) groups is 1. The molecule has 9 nitrogen and oxygen atoms in total. The van der Waals surface area contributed by atoms with Crippen LogP contribution < -0.4 is 10.6 Å². The zero-order valence-corrected chi connectivity index (χ0v) is 22.9. The standard InChI is InChI=1S/C17H18N6O3S.C6H5Cl.C4H8/c1-27(25,26)14-4-12(11-2-3-11)7-23-8-13(22-17(14)23)6-18-15-5-16(21-10-24)20-9-19-15;7-6-4-2-1-3-5-6;1-4-2-3-4/h4-5,7-11H,2-3,6H2,1H3,(H2,18,19,20,21,24);1-5H;4H,2-3H2,1H3. The molecule has 2 aliphatic rings. The molecule has 3 heterocycles. The molecule has 38 heavy (non-hydrogen) atoms. The Morgan fingerprint density at radius 1 is 1.05 bits per heavy atom. The lowest BCUT2D eigenvalue weighted by atomic mass is 10.2. The molecule has 0 unspecified atom stereocenters. The predicted octanol–water partition coefficient (Wildman–Crippen LogP) is 5.34. The van der Waals surface area contributed by atoms with Crippen molar-refractivity contribution in [3.05, 3.63) is 77.5 Å². The maximum Gasteiger partial charge on any atom is 0.212 e. The van der Waals surface area contributed by atoms with Crippen LogP contribution in [0.25, 0.3) is 5.65 Å². The molecule has 0 bridgehead atoms. The van der Waals surface area contributed by atoms with Gasteiger partial charge in [-0.15, -0.1) is 0 Å². The Morgan fingerprint density at radius 2 is 1.74 bits per heavy atom. The summed E-state index contributed by atoms with van der Waals surface area (Å²) >= 11 is 5.54. The summed E-state index contributed by atoms with van der Waals surface area (Å²) in [4.78, 5) is 23.2. The Balaban J connectivity index is 0.000000252. The van der Waals surface area contributed by atoms with Crippen LogP contribution in [0, 0.1) is 5.92 Å². The summed E-state index contributed by atoms with van der Waals surface area (Å²) in [7, 11) is -3.39. The van der Waals surface area contributed by atoms with Crippen LogP contribution in [-0.4, -0.2) is 40.4 Å². The summed E-state index contributed by atoms with van der Waals surface area (Å²) in [5.41, 5.74) is 2.13. The second-order valence-electron chi connectivity index (χ2n) is 9.53. The van der Waals surface area contributed by atoms with E-state index < -0.39 is 9.84 Å². The monoisotopic (exact) mass is 554 g/mol. The lowest BCUT2D eigenvalue weighted by Gasteiger charge is -2.05. The van der Waals surface area contributed by atoms with E-state index in [0.29, 0.717) is 41.8 Å². The third-order valence-electron chi connectivity index (χ3n) is 5.96. The zero-order chi connectivity index (χ0) is 27.1. The molecule has 0 saturated heterocycles. The Kier molecular flexibility index (Phi) is 8.96. The van der Waals surface area contributed by atoms with Crippen LogP contribution in [0.2, 0.25) is 5.02 Å². The van der Waals surface area contributed by atoms with Gasteiger partial charge in [0.25, 0.3) is 0 Å². The summed E-state index contributed by atoms with van der Waals surface area (Å²) in [5, 5.41) is 6.35. The molecule has 2 N–H and O–H groups in total. The highest BCUT2D eigenvalue weighted by atomic mass is 35.5. The Morgan fingerprint density at radius 3 is 2.29 bits per heavy atom. The van der Waals surface area contributed by atoms with Crippen molar-refractivity contribution in [1.29, 1.82) is 0 Å². The second kappa shape index (κ2) is 12.4. The lowest BCUT2D eigenvalue weighted by molar-refractivity contribution is -0.105. The normalized spacial score (nSPS) is 14.5. The second-order valence-corrected chi connectivity index (χ2v) is 12.0. The lowest BCUT2D eigenvalue weighted by Crippen LogP contribution is -2.04. The number of fused-ring (bicyclic) bond motifs is 1. The SMILES string of the molecule is CC1CC1.CS(=O)(=O)c1cc(C2CC2)cn2cc(CNc3cc(NC=O)ncn3)nc12.Clc1ccccc1. The molecule has 2 fully saturated rings. The molecule has 11 heteroatoms. The van der Waals surface area contributed by atoms with E-state index in [4.69, 9.17) is 11.6 Å². The van der Waals surface area contributed by atoms with Crippen LogP contribution in [0.3, 0.4) is 0 Å². The van der Waals surface area contributed by atoms with E-state index >= 15 is 0 Å². The average molecular weight is 555 g/mol. The summed E-state index contributed by atoms with van der Waals surface area (Å²) in [6.07, 6.45) is 12.0. The van der Waals surface area contributed by atoms with E-state index in [1.807, 2.05) is 42.7 Å². The van der Waals surface area contributed by atoms with Crippen LogP contribution in [0.5, 0.6) is 0 Å². The van der Waals surface area contributed by atoms with Gasteiger partial charge in [0.05, 0.1) is 12.2 Å². The van der Waals surface area contributed by atoms with Crippen molar-refractivity contribution >= 4 is 45.1 Å². The molecular weight excluding hydrogens is 524 g/mol. The Bertz CT molecular complexity index is 1490. The minimum Gasteiger partial charge on any atom is -0.364 e. The van der Waals surface area contributed by atoms with Crippen molar-refractivity contribution in [1.82, 2.24) is 19.4 Å². The predicted molar refractivity (Wildman–Crippen MR) is 149 cm³/mol. The molecular formula is C27H31ClN6O3S. The fraction of sp³-hybridized carbons (Fsp3) is 0.333. The molecule has 0 atom stereocenters. The highest BCUT2D eigenvalue weighted by Gasteiger charge is 2.27. The number of nitrogens with one attached hydrogen (secondary N) is 2. The van der Waals surface area contributed by atoms with Crippen LogP contribution in [0.1, 0.15) is 49.8 Å². The number of amides is 1. The smallest absolute Gasteiger partial charge is 0.212 e. The molecule has 0 aliphatic heterocycles. The van der Waals surface area contributed by atoms with Gasteiger partial charge in [-0.1, -0.05) is 49.6 Å². The van der Waals surface area contributed by atoms with Crippen LogP contribution >= 0.6 is 11.6 Å². The first-order valence-electron chi connectivity index (χ1n) is 12.4. The molecule has 2 aliphatic carbocycles. The Labute approximate surface area is 227 Å². The molecule has 0 radical (unpaired) electrons. The maximum atomic E-state index is 12.2. The Hall–Kier alpha value is -3.50. The van der Waals surface area contributed by atoms with Gasteiger partial charge in [-0.3, -0.25) is 4.79 Å². The summed E-state index contributed by atoms with van der Waals surface area (Å²) in [6.45, 7) is 2.63. The van der Waals surface area contributed by atoms with Crippen molar-refractivity contribution in [2.45, 2.75) is 50.0 Å². The quantitative estimate of drug-likeness (QED) is 0.296. The number of carbonyl (C=O) groups excluding carboxylic acids is 1. The number of sulfone groups is 1. The molecule has 4 aromatic rings. The summed E-state index contributed by atoms with van der Waals surface area (Å²) in [6, 6.07) is 12.8. The number of imidazole rings is 1. The molecule has 0 spiro atoms. The van der Waals surface area contributed by atoms with Crippen molar-refractivity contribution < 1.29 is 13.2 Å². The number of nitrogens with zero attached hydrogens (tertiary/aromatic N) is 4. The molecule has 6 rings (SSSR count). The van der Waals surface area contributed by atoms with Gasteiger partial charge in [-0.25, -0.2) is 23.4 Å². The van der Waals surface area contributed by atoms with E-state index in [1.54, 1.807) is 16.5 Å². The molecule has 1 amide bonds. The first kappa shape index (κ1) is 27.5. The molecule has 1 aromatic carbocycles. The number of rotatable bonds is 7. The van der Waals surface area contributed by atoms with Crippen molar-refractivity contribution in [2.24, 2.45) is 5.92 Å². The molecule has 2 saturated carbocycles. The first-order valence-corrected chi connectivity index (χ1v) is 14.7. The van der Waals surface area contributed by atoms with Crippen molar-refractivity contribution in [3.8, 4) is 0 Å². The fourth-order valence-electron chi connectivity index (χ4n) is 3.49. The van der Waals surface area contributed by atoms with E-state index in [0.717, 1.165) is 29.3 Å². The maximum absolute atomic E-state index is 12.2. The summed E-state index contributed by atoms with van der Waals surface area (Å²) in [5.74, 6) is 2.42. The highest BCUT2D eigenvalue weighted by Crippen LogP contribution is 2.41. The van der Waals surface area contributed by atoms with E-state index in [1.165, 1.54) is 25.4 Å². The van der Waals surface area contributed by atoms with Gasteiger partial charge in [-0.05, 0) is 48.4 Å². The van der Waals surface area contributed by atoms with Crippen molar-refractivity contribution in [2.75, 3.05) is 16.9 Å². The minimum atomic E-state index is -3.39. The number of anilines is 2. The van der Waals surface area contributed by atoms with Gasteiger partial charge >= 0.3 is 0 Å².